The Kier molecular flexibility index (Phi) is 3.78. The molecule has 0 aliphatic heterocycles. The van der Waals surface area contributed by atoms with Gasteiger partial charge in [0.2, 0.25) is 0 Å². The van der Waals surface area contributed by atoms with E-state index >= 15 is 0 Å². The summed E-state index contributed by atoms with van der Waals surface area (Å²) in [7, 11) is 3.30. The third-order valence-corrected chi connectivity index (χ3v) is 4.02. The summed E-state index contributed by atoms with van der Waals surface area (Å²) in [5, 5.41) is 4.30. The first kappa shape index (κ1) is 15.1. The van der Waals surface area contributed by atoms with E-state index in [-0.39, 0.29) is 0 Å². The van der Waals surface area contributed by atoms with E-state index in [0.29, 0.717) is 5.78 Å². The van der Waals surface area contributed by atoms with Crippen molar-refractivity contribution in [3.05, 3.63) is 60.9 Å². The predicted molar refractivity (Wildman–Crippen MR) is 94.8 cm³/mol. The van der Waals surface area contributed by atoms with Gasteiger partial charge in [0, 0.05) is 11.1 Å². The first-order valence-corrected chi connectivity index (χ1v) is 7.79. The number of hydrogen-bond acceptors (Lipinski definition) is 5. The molecule has 0 N–H and O–H groups in total. The number of nitrogens with zero attached hydrogens (tertiary/aromatic N) is 4. The molecule has 0 fully saturated rings. The Balaban J connectivity index is 1.93. The van der Waals surface area contributed by atoms with Gasteiger partial charge in [-0.05, 0) is 42.5 Å². The summed E-state index contributed by atoms with van der Waals surface area (Å²) in [5.74, 6) is 2.11. The molecule has 0 spiro atoms. The first-order chi connectivity index (χ1) is 12.3. The van der Waals surface area contributed by atoms with E-state index in [9.17, 15) is 0 Å². The van der Waals surface area contributed by atoms with Crippen molar-refractivity contribution in [2.45, 2.75) is 0 Å². The van der Waals surface area contributed by atoms with Gasteiger partial charge < -0.3 is 9.47 Å². The lowest BCUT2D eigenvalue weighted by Crippen LogP contribution is -2.00. The second kappa shape index (κ2) is 6.24. The van der Waals surface area contributed by atoms with Crippen LogP contribution in [0.5, 0.6) is 11.5 Å². The van der Waals surface area contributed by atoms with Crippen LogP contribution in [0.1, 0.15) is 0 Å². The highest BCUT2D eigenvalue weighted by molar-refractivity contribution is 5.74. The van der Waals surface area contributed by atoms with Gasteiger partial charge in [-0.1, -0.05) is 12.1 Å². The number of fused-ring (bicyclic) bond motifs is 1. The largest absolute Gasteiger partial charge is 0.497 e. The number of hydrogen-bond donors (Lipinski definition) is 0. The van der Waals surface area contributed by atoms with Gasteiger partial charge in [0.15, 0.2) is 0 Å². The maximum atomic E-state index is 5.50. The Morgan fingerprint density at radius 2 is 1.72 bits per heavy atom. The van der Waals surface area contributed by atoms with Crippen molar-refractivity contribution >= 4 is 5.78 Å². The average molecular weight is 332 g/mol. The summed E-state index contributed by atoms with van der Waals surface area (Å²) < 4.78 is 12.4. The van der Waals surface area contributed by atoms with Crippen molar-refractivity contribution in [3.63, 3.8) is 0 Å². The average Bonchev–Trinajstić information content (AvgIpc) is 3.16. The molecule has 2 heterocycles. The second-order valence-corrected chi connectivity index (χ2v) is 5.43. The Morgan fingerprint density at radius 1 is 0.920 bits per heavy atom. The lowest BCUT2D eigenvalue weighted by molar-refractivity contribution is 0.415. The van der Waals surface area contributed by atoms with Gasteiger partial charge in [-0.3, -0.25) is 0 Å². The zero-order chi connectivity index (χ0) is 17.2. The fraction of sp³-hybridized carbons (Fsp3) is 0.105. The van der Waals surface area contributed by atoms with Crippen molar-refractivity contribution in [2.24, 2.45) is 0 Å². The van der Waals surface area contributed by atoms with Crippen LogP contribution in [0.4, 0.5) is 0 Å². The summed E-state index contributed by atoms with van der Waals surface area (Å²) in [6.45, 7) is 0. The standard InChI is InChI=1S/C19H16N4O2/c1-24-14-9-7-13(8-10-14)16-11-17(23-19(22-16)20-12-21-23)15-5-3-4-6-18(15)25-2/h3-12H,1-2H3. The quantitative estimate of drug-likeness (QED) is 0.572. The van der Waals surface area contributed by atoms with E-state index in [2.05, 4.69) is 15.1 Å². The maximum Gasteiger partial charge on any atom is 0.253 e. The summed E-state index contributed by atoms with van der Waals surface area (Å²) in [5.41, 5.74) is 3.58. The van der Waals surface area contributed by atoms with Gasteiger partial charge in [0.25, 0.3) is 5.78 Å². The third-order valence-electron chi connectivity index (χ3n) is 4.02. The zero-order valence-electron chi connectivity index (χ0n) is 13.9. The second-order valence-electron chi connectivity index (χ2n) is 5.43. The van der Waals surface area contributed by atoms with Gasteiger partial charge in [-0.25, -0.2) is 4.98 Å². The van der Waals surface area contributed by atoms with Crippen LogP contribution in [0.3, 0.4) is 0 Å². The molecular weight excluding hydrogens is 316 g/mol. The SMILES string of the molecule is COc1ccc(-c2cc(-c3ccccc3OC)n3ncnc3n2)cc1. The number of para-hydroxylation sites is 1. The molecule has 4 aromatic rings. The zero-order valence-corrected chi connectivity index (χ0v) is 13.9. The molecule has 2 aromatic heterocycles. The molecule has 0 aliphatic carbocycles. The number of rotatable bonds is 4. The first-order valence-electron chi connectivity index (χ1n) is 7.79. The fourth-order valence-corrected chi connectivity index (χ4v) is 2.77. The van der Waals surface area contributed by atoms with Gasteiger partial charge in [-0.15, -0.1) is 0 Å². The summed E-state index contributed by atoms with van der Waals surface area (Å²) in [6, 6.07) is 17.6. The van der Waals surface area contributed by atoms with Crippen LogP contribution in [-0.2, 0) is 0 Å². The van der Waals surface area contributed by atoms with Gasteiger partial charge >= 0.3 is 0 Å². The minimum Gasteiger partial charge on any atom is -0.497 e. The highest BCUT2D eigenvalue weighted by Crippen LogP contribution is 2.32. The molecule has 0 saturated carbocycles. The molecule has 0 atom stereocenters. The van der Waals surface area contributed by atoms with Crippen LogP contribution in [-0.4, -0.2) is 33.8 Å². The van der Waals surface area contributed by atoms with Gasteiger partial charge in [0.05, 0.1) is 25.6 Å². The Labute approximate surface area is 144 Å². The summed E-state index contributed by atoms with van der Waals surface area (Å²) in [6.07, 6.45) is 1.50. The minimum atomic E-state index is 0.536. The monoisotopic (exact) mass is 332 g/mol. The molecule has 25 heavy (non-hydrogen) atoms. The van der Waals surface area contributed by atoms with Crippen molar-refractivity contribution in [2.75, 3.05) is 14.2 Å². The molecule has 0 unspecified atom stereocenters. The third kappa shape index (κ3) is 2.67. The van der Waals surface area contributed by atoms with E-state index in [1.165, 1.54) is 6.33 Å². The predicted octanol–water partition coefficient (Wildman–Crippen LogP) is 3.48. The van der Waals surface area contributed by atoms with Gasteiger partial charge in [-0.2, -0.15) is 14.6 Å². The highest BCUT2D eigenvalue weighted by Gasteiger charge is 2.14. The fourth-order valence-electron chi connectivity index (χ4n) is 2.77. The molecule has 4 rings (SSSR count). The molecule has 0 amide bonds. The van der Waals surface area contributed by atoms with Crippen LogP contribution >= 0.6 is 0 Å². The molecular formula is C19H16N4O2. The van der Waals surface area contributed by atoms with Crippen molar-refractivity contribution < 1.29 is 9.47 Å². The highest BCUT2D eigenvalue weighted by atomic mass is 16.5. The van der Waals surface area contributed by atoms with E-state index < -0.39 is 0 Å². The summed E-state index contributed by atoms with van der Waals surface area (Å²) >= 11 is 0. The Morgan fingerprint density at radius 3 is 2.48 bits per heavy atom. The number of methoxy groups -OCH3 is 2. The smallest absolute Gasteiger partial charge is 0.253 e. The Bertz CT molecular complexity index is 1030. The van der Waals surface area contributed by atoms with Crippen molar-refractivity contribution in [3.8, 4) is 34.0 Å². The number of ether oxygens (including phenoxy) is 2. The van der Waals surface area contributed by atoms with Crippen LogP contribution < -0.4 is 9.47 Å². The minimum absolute atomic E-state index is 0.536. The van der Waals surface area contributed by atoms with E-state index in [1.54, 1.807) is 18.7 Å². The van der Waals surface area contributed by atoms with Crippen LogP contribution in [0.2, 0.25) is 0 Å². The molecule has 2 aromatic carbocycles. The van der Waals surface area contributed by atoms with Crippen LogP contribution in [0.15, 0.2) is 60.9 Å². The number of benzene rings is 2. The molecule has 6 nitrogen and oxygen atoms in total. The molecule has 0 aliphatic rings. The molecule has 0 radical (unpaired) electrons. The normalized spacial score (nSPS) is 10.8. The molecule has 124 valence electrons. The van der Waals surface area contributed by atoms with Crippen molar-refractivity contribution in [1.82, 2.24) is 19.6 Å². The lowest BCUT2D eigenvalue weighted by Gasteiger charge is -2.11. The molecule has 6 heteroatoms. The van der Waals surface area contributed by atoms with Crippen molar-refractivity contribution in [1.29, 1.82) is 0 Å². The Hall–Kier alpha value is -3.41. The molecule has 0 bridgehead atoms. The maximum absolute atomic E-state index is 5.50. The van der Waals surface area contributed by atoms with E-state index in [1.807, 2.05) is 54.6 Å². The van der Waals surface area contributed by atoms with Gasteiger partial charge in [0.1, 0.15) is 17.8 Å². The van der Waals surface area contributed by atoms with Crippen LogP contribution in [0, 0.1) is 0 Å². The lowest BCUT2D eigenvalue weighted by atomic mass is 10.1. The summed E-state index contributed by atoms with van der Waals surface area (Å²) in [4.78, 5) is 8.87. The van der Waals surface area contributed by atoms with E-state index in [4.69, 9.17) is 9.47 Å². The number of aromatic nitrogens is 4. The topological polar surface area (TPSA) is 61.5 Å². The van der Waals surface area contributed by atoms with E-state index in [0.717, 1.165) is 34.0 Å². The molecule has 0 saturated heterocycles. The van der Waals surface area contributed by atoms with Crippen LogP contribution in [0.25, 0.3) is 28.3 Å².